The van der Waals surface area contributed by atoms with Crippen LogP contribution in [0.3, 0.4) is 0 Å². The molecule has 0 aliphatic carbocycles. The zero-order valence-electron chi connectivity index (χ0n) is 13.3. The monoisotopic (exact) mass is 303 g/mol. The quantitative estimate of drug-likeness (QED) is 0.787. The van der Waals surface area contributed by atoms with Gasteiger partial charge in [-0.25, -0.2) is 0 Å². The molecule has 6 heteroatoms. The van der Waals surface area contributed by atoms with Gasteiger partial charge in [-0.3, -0.25) is 9.58 Å². The van der Waals surface area contributed by atoms with Crippen molar-refractivity contribution in [3.05, 3.63) is 30.2 Å². The first kappa shape index (κ1) is 15.2. The molecule has 1 aliphatic rings. The number of hydrogen-bond donors (Lipinski definition) is 0. The minimum atomic E-state index is 0.583. The van der Waals surface area contributed by atoms with Crippen LogP contribution in [0.1, 0.15) is 50.7 Å². The highest BCUT2D eigenvalue weighted by Gasteiger charge is 2.24. The third-order valence-electron chi connectivity index (χ3n) is 4.32. The van der Waals surface area contributed by atoms with Gasteiger partial charge in [0.25, 0.3) is 0 Å². The Morgan fingerprint density at radius 2 is 2.32 bits per heavy atom. The molecule has 1 unspecified atom stereocenters. The Labute approximate surface area is 131 Å². The summed E-state index contributed by atoms with van der Waals surface area (Å²) in [7, 11) is 0. The van der Waals surface area contributed by atoms with Crippen LogP contribution in [-0.4, -0.2) is 37.4 Å². The maximum absolute atomic E-state index is 5.40. The minimum Gasteiger partial charge on any atom is -0.338 e. The summed E-state index contributed by atoms with van der Waals surface area (Å²) in [5.74, 6) is 1.59. The summed E-state index contributed by atoms with van der Waals surface area (Å²) >= 11 is 0. The minimum absolute atomic E-state index is 0.583. The standard InChI is InChI=1S/C16H25N5O/c1-2-6-15-18-16(22-19-15)13-20-10-4-3-7-14(20)8-12-21-11-5-9-17-21/h5,9,11,14H,2-4,6-8,10,12-13H2,1H3. The lowest BCUT2D eigenvalue weighted by Crippen LogP contribution is -2.39. The van der Waals surface area contributed by atoms with Crippen LogP contribution in [0.25, 0.3) is 0 Å². The third-order valence-corrected chi connectivity index (χ3v) is 4.32. The van der Waals surface area contributed by atoms with Crippen LogP contribution < -0.4 is 0 Å². The summed E-state index contributed by atoms with van der Waals surface area (Å²) < 4.78 is 7.41. The highest BCUT2D eigenvalue weighted by molar-refractivity contribution is 4.89. The molecule has 0 amide bonds. The van der Waals surface area contributed by atoms with E-state index in [1.165, 1.54) is 19.3 Å². The predicted molar refractivity (Wildman–Crippen MR) is 83.2 cm³/mol. The molecule has 2 aromatic rings. The van der Waals surface area contributed by atoms with Gasteiger partial charge in [0.05, 0.1) is 6.54 Å². The van der Waals surface area contributed by atoms with E-state index in [1.807, 2.05) is 23.1 Å². The van der Waals surface area contributed by atoms with Crippen LogP contribution >= 0.6 is 0 Å². The first-order chi connectivity index (χ1) is 10.8. The molecule has 1 saturated heterocycles. The Morgan fingerprint density at radius 3 is 3.14 bits per heavy atom. The van der Waals surface area contributed by atoms with Crippen molar-refractivity contribution in [1.29, 1.82) is 0 Å². The molecule has 0 aromatic carbocycles. The van der Waals surface area contributed by atoms with Crippen LogP contribution in [0.5, 0.6) is 0 Å². The van der Waals surface area contributed by atoms with E-state index < -0.39 is 0 Å². The molecule has 1 atom stereocenters. The van der Waals surface area contributed by atoms with Gasteiger partial charge in [0.1, 0.15) is 0 Å². The normalized spacial score (nSPS) is 19.6. The smallest absolute Gasteiger partial charge is 0.240 e. The summed E-state index contributed by atoms with van der Waals surface area (Å²) in [6.07, 6.45) is 10.8. The van der Waals surface area contributed by atoms with Gasteiger partial charge >= 0.3 is 0 Å². The Morgan fingerprint density at radius 1 is 1.36 bits per heavy atom. The Kier molecular flexibility index (Phi) is 5.21. The van der Waals surface area contributed by atoms with Gasteiger partial charge < -0.3 is 4.52 Å². The first-order valence-corrected chi connectivity index (χ1v) is 8.38. The number of hydrogen-bond acceptors (Lipinski definition) is 5. The summed E-state index contributed by atoms with van der Waals surface area (Å²) in [5.41, 5.74) is 0. The van der Waals surface area contributed by atoms with Gasteiger partial charge in [0, 0.05) is 31.4 Å². The van der Waals surface area contributed by atoms with E-state index in [2.05, 4.69) is 27.1 Å². The van der Waals surface area contributed by atoms with E-state index >= 15 is 0 Å². The Bertz CT molecular complexity index is 551. The van der Waals surface area contributed by atoms with Gasteiger partial charge in [-0.1, -0.05) is 18.5 Å². The zero-order valence-corrected chi connectivity index (χ0v) is 13.3. The van der Waals surface area contributed by atoms with Crippen molar-refractivity contribution in [2.45, 2.75) is 64.6 Å². The van der Waals surface area contributed by atoms with E-state index in [4.69, 9.17) is 4.52 Å². The molecule has 22 heavy (non-hydrogen) atoms. The van der Waals surface area contributed by atoms with Crippen molar-refractivity contribution in [1.82, 2.24) is 24.8 Å². The number of aryl methyl sites for hydroxylation is 2. The average Bonchev–Trinajstić information content (AvgIpc) is 3.19. The van der Waals surface area contributed by atoms with Gasteiger partial charge in [0.2, 0.25) is 5.89 Å². The van der Waals surface area contributed by atoms with Crippen LogP contribution in [0, 0.1) is 0 Å². The predicted octanol–water partition coefficient (Wildman–Crippen LogP) is 2.66. The summed E-state index contributed by atoms with van der Waals surface area (Å²) in [4.78, 5) is 7.00. The number of likely N-dealkylation sites (tertiary alicyclic amines) is 1. The molecule has 0 saturated carbocycles. The van der Waals surface area contributed by atoms with Gasteiger partial charge in [-0.15, -0.1) is 0 Å². The number of nitrogens with zero attached hydrogens (tertiary/aromatic N) is 5. The molecule has 0 bridgehead atoms. The molecular weight excluding hydrogens is 278 g/mol. The fourth-order valence-electron chi connectivity index (χ4n) is 3.16. The average molecular weight is 303 g/mol. The highest BCUT2D eigenvalue weighted by Crippen LogP contribution is 2.22. The second-order valence-corrected chi connectivity index (χ2v) is 6.03. The molecule has 2 aromatic heterocycles. The Balaban J connectivity index is 1.56. The van der Waals surface area contributed by atoms with Gasteiger partial charge in [-0.05, 0) is 38.3 Å². The second-order valence-electron chi connectivity index (χ2n) is 6.03. The lowest BCUT2D eigenvalue weighted by molar-refractivity contribution is 0.113. The molecule has 0 spiro atoms. The van der Waals surface area contributed by atoms with Crippen molar-refractivity contribution in [2.24, 2.45) is 0 Å². The SMILES string of the molecule is CCCc1noc(CN2CCCCC2CCn2cccn2)n1. The first-order valence-electron chi connectivity index (χ1n) is 8.38. The fourth-order valence-corrected chi connectivity index (χ4v) is 3.16. The maximum Gasteiger partial charge on any atom is 0.240 e. The molecule has 3 heterocycles. The molecule has 3 rings (SSSR count). The van der Waals surface area contributed by atoms with Crippen molar-refractivity contribution in [3.8, 4) is 0 Å². The van der Waals surface area contributed by atoms with Crippen molar-refractivity contribution >= 4 is 0 Å². The summed E-state index contributed by atoms with van der Waals surface area (Å²) in [5, 5.41) is 8.35. The molecule has 1 aliphatic heterocycles. The number of piperidine rings is 1. The van der Waals surface area contributed by atoms with Crippen LogP contribution in [0.4, 0.5) is 0 Å². The largest absolute Gasteiger partial charge is 0.338 e. The zero-order chi connectivity index (χ0) is 15.2. The molecular formula is C16H25N5O. The molecule has 1 fully saturated rings. The third kappa shape index (κ3) is 3.94. The number of rotatable bonds is 7. The van der Waals surface area contributed by atoms with E-state index in [-0.39, 0.29) is 0 Å². The molecule has 120 valence electrons. The lowest BCUT2D eigenvalue weighted by Gasteiger charge is -2.34. The van der Waals surface area contributed by atoms with E-state index in [9.17, 15) is 0 Å². The molecule has 0 radical (unpaired) electrons. The Hall–Kier alpha value is -1.69. The highest BCUT2D eigenvalue weighted by atomic mass is 16.5. The summed E-state index contributed by atoms with van der Waals surface area (Å²) in [6.45, 7) is 5.00. The van der Waals surface area contributed by atoms with Crippen molar-refractivity contribution in [2.75, 3.05) is 6.54 Å². The topological polar surface area (TPSA) is 60.0 Å². The fraction of sp³-hybridized carbons (Fsp3) is 0.688. The van der Waals surface area contributed by atoms with Crippen molar-refractivity contribution in [3.63, 3.8) is 0 Å². The lowest BCUT2D eigenvalue weighted by atomic mass is 9.99. The maximum atomic E-state index is 5.40. The van der Waals surface area contributed by atoms with E-state index in [0.717, 1.165) is 50.6 Å². The summed E-state index contributed by atoms with van der Waals surface area (Å²) in [6, 6.07) is 2.56. The van der Waals surface area contributed by atoms with Crippen molar-refractivity contribution < 1.29 is 4.52 Å². The van der Waals surface area contributed by atoms with Crippen LogP contribution in [0.15, 0.2) is 23.0 Å². The van der Waals surface area contributed by atoms with Gasteiger partial charge in [0.15, 0.2) is 5.82 Å². The molecule has 0 N–H and O–H groups in total. The van der Waals surface area contributed by atoms with E-state index in [0.29, 0.717) is 6.04 Å². The number of aromatic nitrogens is 4. The van der Waals surface area contributed by atoms with Crippen LogP contribution in [0.2, 0.25) is 0 Å². The van der Waals surface area contributed by atoms with Gasteiger partial charge in [-0.2, -0.15) is 10.1 Å². The molecule has 6 nitrogen and oxygen atoms in total. The second kappa shape index (κ2) is 7.54. The van der Waals surface area contributed by atoms with E-state index in [1.54, 1.807) is 0 Å². The van der Waals surface area contributed by atoms with Crippen LogP contribution in [-0.2, 0) is 19.5 Å².